The van der Waals surface area contributed by atoms with Gasteiger partial charge in [0.2, 0.25) is 0 Å². The first-order chi connectivity index (χ1) is 9.11. The molecule has 94 valence electrons. The maximum absolute atomic E-state index is 13.9. The molecule has 0 fully saturated rings. The molecule has 0 radical (unpaired) electrons. The number of nitrogens with zero attached hydrogens (tertiary/aromatic N) is 1. The molecule has 0 aromatic heterocycles. The molecule has 1 aliphatic rings. The van der Waals surface area contributed by atoms with Crippen LogP contribution in [0.2, 0.25) is 0 Å². The molecule has 19 heavy (non-hydrogen) atoms. The molecule has 0 bridgehead atoms. The number of carbonyl (C=O) groups is 2. The molecule has 2 amide bonds. The summed E-state index contributed by atoms with van der Waals surface area (Å²) in [5.74, 6) is -1.64. The zero-order chi connectivity index (χ0) is 13.6. The number of halogens is 2. The molecule has 2 aromatic rings. The van der Waals surface area contributed by atoms with Crippen molar-refractivity contribution in [1.29, 1.82) is 0 Å². The predicted octanol–water partition coefficient (Wildman–Crippen LogP) is 3.39. The van der Waals surface area contributed by atoms with E-state index in [-0.39, 0.29) is 5.69 Å². The Balaban J connectivity index is 2.20. The van der Waals surface area contributed by atoms with Crippen LogP contribution in [0, 0.1) is 5.82 Å². The highest BCUT2D eigenvalue weighted by Crippen LogP contribution is 2.35. The summed E-state index contributed by atoms with van der Waals surface area (Å²) in [6.07, 6.45) is 0. The van der Waals surface area contributed by atoms with Crippen LogP contribution in [0.15, 0.2) is 46.9 Å². The van der Waals surface area contributed by atoms with Crippen molar-refractivity contribution in [3.05, 3.63) is 63.9 Å². The molecule has 0 spiro atoms. The first-order valence-corrected chi connectivity index (χ1v) is 6.32. The van der Waals surface area contributed by atoms with E-state index in [2.05, 4.69) is 15.9 Å². The van der Waals surface area contributed by atoms with Crippen molar-refractivity contribution in [2.24, 2.45) is 0 Å². The number of anilines is 1. The fourth-order valence-corrected chi connectivity index (χ4v) is 2.61. The summed E-state index contributed by atoms with van der Waals surface area (Å²) in [7, 11) is 0. The number of hydrogen-bond acceptors (Lipinski definition) is 2. The number of imide groups is 1. The average Bonchev–Trinajstić information content (AvgIpc) is 2.64. The number of fused-ring (bicyclic) bond motifs is 1. The van der Waals surface area contributed by atoms with Crippen LogP contribution in [0.25, 0.3) is 0 Å². The highest BCUT2D eigenvalue weighted by molar-refractivity contribution is 9.10. The smallest absolute Gasteiger partial charge is 0.266 e. The maximum Gasteiger partial charge on any atom is 0.266 e. The van der Waals surface area contributed by atoms with Gasteiger partial charge in [-0.2, -0.15) is 0 Å². The van der Waals surface area contributed by atoms with E-state index in [1.54, 1.807) is 30.3 Å². The van der Waals surface area contributed by atoms with Gasteiger partial charge < -0.3 is 0 Å². The molecule has 0 saturated carbocycles. The number of benzene rings is 2. The Kier molecular flexibility index (Phi) is 2.71. The summed E-state index contributed by atoms with van der Waals surface area (Å²) in [4.78, 5) is 25.3. The molecule has 1 aliphatic heterocycles. The SMILES string of the molecule is O=C1c2ccccc2C(=O)N1c1c(F)cccc1Br. The van der Waals surface area contributed by atoms with Gasteiger partial charge >= 0.3 is 0 Å². The minimum Gasteiger partial charge on any atom is -0.268 e. The van der Waals surface area contributed by atoms with E-state index in [1.165, 1.54) is 12.1 Å². The van der Waals surface area contributed by atoms with Crippen molar-refractivity contribution in [2.45, 2.75) is 0 Å². The third kappa shape index (κ3) is 1.69. The monoisotopic (exact) mass is 319 g/mol. The van der Waals surface area contributed by atoms with Crippen LogP contribution in [-0.2, 0) is 0 Å². The first-order valence-electron chi connectivity index (χ1n) is 5.53. The van der Waals surface area contributed by atoms with E-state index >= 15 is 0 Å². The zero-order valence-corrected chi connectivity index (χ0v) is 11.1. The van der Waals surface area contributed by atoms with E-state index in [9.17, 15) is 14.0 Å². The van der Waals surface area contributed by atoms with Gasteiger partial charge in [0.15, 0.2) is 0 Å². The van der Waals surface area contributed by atoms with Crippen molar-refractivity contribution in [3.63, 3.8) is 0 Å². The molecule has 1 heterocycles. The molecule has 0 saturated heterocycles. The van der Waals surface area contributed by atoms with Crippen LogP contribution < -0.4 is 4.90 Å². The van der Waals surface area contributed by atoms with Crippen LogP contribution in [0.5, 0.6) is 0 Å². The highest BCUT2D eigenvalue weighted by Gasteiger charge is 2.38. The first kappa shape index (κ1) is 12.0. The summed E-state index contributed by atoms with van der Waals surface area (Å²) >= 11 is 3.17. The summed E-state index contributed by atoms with van der Waals surface area (Å²) in [5, 5.41) is 0. The van der Waals surface area contributed by atoms with E-state index in [1.807, 2.05) is 0 Å². The topological polar surface area (TPSA) is 37.4 Å². The Hall–Kier alpha value is -2.01. The van der Waals surface area contributed by atoms with E-state index in [0.29, 0.717) is 15.6 Å². The molecule has 5 heteroatoms. The lowest BCUT2D eigenvalue weighted by molar-refractivity contribution is 0.0924. The lowest BCUT2D eigenvalue weighted by Crippen LogP contribution is -2.30. The molecule has 0 aliphatic carbocycles. The molecule has 0 unspecified atom stereocenters. The van der Waals surface area contributed by atoms with Gasteiger partial charge in [-0.15, -0.1) is 0 Å². The lowest BCUT2D eigenvalue weighted by atomic mass is 10.1. The molecule has 0 N–H and O–H groups in total. The second-order valence-electron chi connectivity index (χ2n) is 4.06. The fraction of sp³-hybridized carbons (Fsp3) is 0. The average molecular weight is 320 g/mol. The third-order valence-electron chi connectivity index (χ3n) is 2.96. The van der Waals surface area contributed by atoms with Crippen molar-refractivity contribution in [2.75, 3.05) is 4.90 Å². The number of hydrogen-bond donors (Lipinski definition) is 0. The summed E-state index contributed by atoms with van der Waals surface area (Å²) in [6.45, 7) is 0. The number of para-hydroxylation sites is 1. The molecular formula is C14H7BrFNO2. The summed E-state index contributed by atoms with van der Waals surface area (Å²) in [6, 6.07) is 10.8. The van der Waals surface area contributed by atoms with Gasteiger partial charge in [0, 0.05) is 4.47 Å². The fourth-order valence-electron chi connectivity index (χ4n) is 2.09. The van der Waals surface area contributed by atoms with Gasteiger partial charge in [0.05, 0.1) is 11.1 Å². The quantitative estimate of drug-likeness (QED) is 0.755. The van der Waals surface area contributed by atoms with Crippen LogP contribution in [0.4, 0.5) is 10.1 Å². The van der Waals surface area contributed by atoms with Crippen LogP contribution in [0.1, 0.15) is 20.7 Å². The standard InChI is InChI=1S/C14H7BrFNO2/c15-10-6-3-7-11(16)12(10)17-13(18)8-4-1-2-5-9(8)14(17)19/h1-7H. The van der Waals surface area contributed by atoms with Gasteiger partial charge in [0.25, 0.3) is 11.8 Å². The second-order valence-corrected chi connectivity index (χ2v) is 4.92. The highest BCUT2D eigenvalue weighted by atomic mass is 79.9. The van der Waals surface area contributed by atoms with Gasteiger partial charge in [0.1, 0.15) is 11.5 Å². The number of carbonyl (C=O) groups excluding carboxylic acids is 2. The number of rotatable bonds is 1. The third-order valence-corrected chi connectivity index (χ3v) is 3.60. The van der Waals surface area contributed by atoms with Gasteiger partial charge in [-0.1, -0.05) is 18.2 Å². The molecule has 3 nitrogen and oxygen atoms in total. The van der Waals surface area contributed by atoms with E-state index < -0.39 is 17.6 Å². The van der Waals surface area contributed by atoms with Crippen molar-refractivity contribution in [3.8, 4) is 0 Å². The van der Waals surface area contributed by atoms with Gasteiger partial charge in [-0.05, 0) is 40.2 Å². The van der Waals surface area contributed by atoms with Gasteiger partial charge in [-0.3, -0.25) is 9.59 Å². The Morgan fingerprint density at radius 1 is 0.895 bits per heavy atom. The lowest BCUT2D eigenvalue weighted by Gasteiger charge is -2.16. The normalized spacial score (nSPS) is 13.9. The van der Waals surface area contributed by atoms with Crippen molar-refractivity contribution in [1.82, 2.24) is 0 Å². The zero-order valence-electron chi connectivity index (χ0n) is 9.56. The van der Waals surface area contributed by atoms with Crippen molar-refractivity contribution < 1.29 is 14.0 Å². The Morgan fingerprint density at radius 2 is 1.47 bits per heavy atom. The number of amides is 2. The minimum absolute atomic E-state index is 0.0475. The molecule has 3 rings (SSSR count). The Labute approximate surface area is 116 Å². The molecular weight excluding hydrogens is 313 g/mol. The van der Waals surface area contributed by atoms with Crippen molar-refractivity contribution >= 4 is 33.4 Å². The van der Waals surface area contributed by atoms with E-state index in [0.717, 1.165) is 4.90 Å². The Morgan fingerprint density at radius 3 is 2.00 bits per heavy atom. The molecule has 0 atom stereocenters. The van der Waals surface area contributed by atoms with E-state index in [4.69, 9.17) is 0 Å². The van der Waals surface area contributed by atoms with Crippen LogP contribution in [-0.4, -0.2) is 11.8 Å². The molecule has 2 aromatic carbocycles. The Bertz CT molecular complexity index is 659. The van der Waals surface area contributed by atoms with Gasteiger partial charge in [-0.25, -0.2) is 9.29 Å². The predicted molar refractivity (Wildman–Crippen MR) is 71.7 cm³/mol. The second kappa shape index (κ2) is 4.28. The van der Waals surface area contributed by atoms with Crippen LogP contribution >= 0.6 is 15.9 Å². The summed E-state index contributed by atoms with van der Waals surface area (Å²) < 4.78 is 14.3. The minimum atomic E-state index is -0.621. The maximum atomic E-state index is 13.9. The van der Waals surface area contributed by atoms with Crippen LogP contribution in [0.3, 0.4) is 0 Å². The largest absolute Gasteiger partial charge is 0.268 e. The summed E-state index contributed by atoms with van der Waals surface area (Å²) in [5.41, 5.74) is 0.541.